The molecule has 1 N–H and O–H groups in total. The molecule has 1 aromatic carbocycles. The number of alkyl halides is 1. The number of aromatic nitrogens is 2. The van der Waals surface area contributed by atoms with Gasteiger partial charge in [0.15, 0.2) is 0 Å². The molecule has 1 saturated carbocycles. The van der Waals surface area contributed by atoms with Crippen LogP contribution in [-0.2, 0) is 0 Å². The van der Waals surface area contributed by atoms with Crippen LogP contribution in [0.5, 0.6) is 0 Å². The molecular weight excluding hydrogens is 371 g/mol. The van der Waals surface area contributed by atoms with Crippen molar-refractivity contribution in [1.29, 1.82) is 0 Å². The maximum Gasteiger partial charge on any atom is 0.223 e. The van der Waals surface area contributed by atoms with E-state index in [1.165, 1.54) is 0 Å². The summed E-state index contributed by atoms with van der Waals surface area (Å²) in [5.41, 5.74) is 0.954. The second-order valence-corrected chi connectivity index (χ2v) is 7.84. The van der Waals surface area contributed by atoms with Crippen LogP contribution in [0.25, 0.3) is 10.9 Å². The standard InChI is InChI=1S/C18H22BrFN4/c19-13-1-6-17-12(9-13)10-21-18(23-17)22-15-2-4-16(5-3-15)24-8-7-14(20)11-24/h1,6,9-10,14-16H,2-5,7-8,11H2,(H,21,22,23)/t14-,15?,16?/m1/s1. The summed E-state index contributed by atoms with van der Waals surface area (Å²) in [7, 11) is 0. The summed E-state index contributed by atoms with van der Waals surface area (Å²) in [6, 6.07) is 7.00. The molecule has 4 nitrogen and oxygen atoms in total. The largest absolute Gasteiger partial charge is 0.351 e. The highest BCUT2D eigenvalue weighted by Crippen LogP contribution is 2.28. The number of rotatable bonds is 3. The van der Waals surface area contributed by atoms with Crippen molar-refractivity contribution in [2.24, 2.45) is 0 Å². The van der Waals surface area contributed by atoms with E-state index in [4.69, 9.17) is 0 Å². The summed E-state index contributed by atoms with van der Waals surface area (Å²) in [5.74, 6) is 0.707. The second kappa shape index (κ2) is 6.92. The minimum absolute atomic E-state index is 0.415. The van der Waals surface area contributed by atoms with Crippen molar-refractivity contribution in [3.63, 3.8) is 0 Å². The summed E-state index contributed by atoms with van der Waals surface area (Å²) in [6.07, 6.45) is 6.41. The first-order valence-corrected chi connectivity index (χ1v) is 9.53. The Labute approximate surface area is 150 Å². The van der Waals surface area contributed by atoms with Crippen molar-refractivity contribution in [3.05, 3.63) is 28.9 Å². The molecule has 128 valence electrons. The van der Waals surface area contributed by atoms with E-state index in [-0.39, 0.29) is 0 Å². The lowest BCUT2D eigenvalue weighted by Crippen LogP contribution is -2.39. The van der Waals surface area contributed by atoms with Gasteiger partial charge in [0.25, 0.3) is 0 Å². The zero-order chi connectivity index (χ0) is 16.5. The number of likely N-dealkylation sites (tertiary alicyclic amines) is 1. The van der Waals surface area contributed by atoms with Crippen molar-refractivity contribution in [2.45, 2.75) is 50.4 Å². The monoisotopic (exact) mass is 392 g/mol. The van der Waals surface area contributed by atoms with Crippen LogP contribution in [0.15, 0.2) is 28.9 Å². The fourth-order valence-corrected chi connectivity index (χ4v) is 4.30. The molecule has 2 fully saturated rings. The van der Waals surface area contributed by atoms with Crippen LogP contribution in [-0.4, -0.2) is 46.2 Å². The maximum atomic E-state index is 13.4. The molecular formula is C18H22BrFN4. The van der Waals surface area contributed by atoms with E-state index < -0.39 is 6.17 Å². The van der Waals surface area contributed by atoms with Gasteiger partial charge in [-0.05, 0) is 50.3 Å². The Bertz CT molecular complexity index is 717. The molecule has 0 radical (unpaired) electrons. The number of fused-ring (bicyclic) bond motifs is 1. The van der Waals surface area contributed by atoms with Crippen LogP contribution < -0.4 is 5.32 Å². The third kappa shape index (κ3) is 3.54. The third-order valence-electron chi connectivity index (χ3n) is 5.25. The fourth-order valence-electron chi connectivity index (χ4n) is 3.92. The first-order chi connectivity index (χ1) is 11.7. The second-order valence-electron chi connectivity index (χ2n) is 6.93. The van der Waals surface area contributed by atoms with Crippen molar-refractivity contribution >= 4 is 32.8 Å². The molecule has 2 aromatic rings. The Morgan fingerprint density at radius 1 is 1.17 bits per heavy atom. The van der Waals surface area contributed by atoms with Gasteiger partial charge in [-0.3, -0.25) is 4.90 Å². The number of benzene rings is 1. The number of hydrogen-bond acceptors (Lipinski definition) is 4. The summed E-state index contributed by atoms with van der Waals surface area (Å²) in [6.45, 7) is 1.55. The van der Waals surface area contributed by atoms with E-state index in [9.17, 15) is 4.39 Å². The zero-order valence-corrected chi connectivity index (χ0v) is 15.2. The molecule has 1 aromatic heterocycles. The molecule has 6 heteroatoms. The van der Waals surface area contributed by atoms with E-state index in [1.54, 1.807) is 0 Å². The number of halogens is 2. The topological polar surface area (TPSA) is 41.0 Å². The highest BCUT2D eigenvalue weighted by atomic mass is 79.9. The first kappa shape index (κ1) is 16.2. The van der Waals surface area contributed by atoms with E-state index in [2.05, 4.69) is 36.1 Å². The van der Waals surface area contributed by atoms with Crippen molar-refractivity contribution in [3.8, 4) is 0 Å². The lowest BCUT2D eigenvalue weighted by Gasteiger charge is -2.34. The molecule has 1 saturated heterocycles. The van der Waals surface area contributed by atoms with Gasteiger partial charge in [-0.1, -0.05) is 15.9 Å². The van der Waals surface area contributed by atoms with Gasteiger partial charge in [0, 0.05) is 41.2 Å². The van der Waals surface area contributed by atoms with Crippen LogP contribution in [0.1, 0.15) is 32.1 Å². The lowest BCUT2D eigenvalue weighted by molar-refractivity contribution is 0.173. The minimum Gasteiger partial charge on any atom is -0.351 e. The molecule has 1 atom stereocenters. The summed E-state index contributed by atoms with van der Waals surface area (Å²) in [5, 5.41) is 4.52. The van der Waals surface area contributed by atoms with Crippen LogP contribution in [0.3, 0.4) is 0 Å². The first-order valence-electron chi connectivity index (χ1n) is 8.74. The molecule has 24 heavy (non-hydrogen) atoms. The van der Waals surface area contributed by atoms with Gasteiger partial charge in [0.2, 0.25) is 5.95 Å². The normalized spacial score (nSPS) is 28.3. The number of anilines is 1. The molecule has 1 aliphatic carbocycles. The average Bonchev–Trinajstić information content (AvgIpc) is 3.02. The van der Waals surface area contributed by atoms with E-state index in [1.807, 2.05) is 24.4 Å². The predicted molar refractivity (Wildman–Crippen MR) is 98.0 cm³/mol. The van der Waals surface area contributed by atoms with E-state index in [0.29, 0.717) is 31.0 Å². The fraction of sp³-hybridized carbons (Fsp3) is 0.556. The zero-order valence-electron chi connectivity index (χ0n) is 13.6. The molecule has 2 heterocycles. The van der Waals surface area contributed by atoms with E-state index >= 15 is 0 Å². The van der Waals surface area contributed by atoms with Gasteiger partial charge in [0.1, 0.15) is 6.17 Å². The quantitative estimate of drug-likeness (QED) is 0.851. The van der Waals surface area contributed by atoms with Gasteiger partial charge in [-0.15, -0.1) is 0 Å². The molecule has 0 bridgehead atoms. The van der Waals surface area contributed by atoms with Crippen LogP contribution in [0, 0.1) is 0 Å². The SMILES string of the molecule is F[C@@H]1CCN(C2CCC(Nc3ncc4cc(Br)ccc4n3)CC2)C1. The Balaban J connectivity index is 1.36. The number of hydrogen-bond donors (Lipinski definition) is 1. The van der Waals surface area contributed by atoms with E-state index in [0.717, 1.165) is 47.6 Å². The van der Waals surface area contributed by atoms with Crippen molar-refractivity contribution in [1.82, 2.24) is 14.9 Å². The molecule has 0 unspecified atom stereocenters. The Morgan fingerprint density at radius 3 is 2.75 bits per heavy atom. The highest BCUT2D eigenvalue weighted by molar-refractivity contribution is 9.10. The molecule has 2 aliphatic rings. The molecule has 1 aliphatic heterocycles. The molecule has 0 amide bonds. The minimum atomic E-state index is -0.619. The summed E-state index contributed by atoms with van der Waals surface area (Å²) in [4.78, 5) is 11.4. The Kier molecular flexibility index (Phi) is 4.68. The van der Waals surface area contributed by atoms with Gasteiger partial charge in [0.05, 0.1) is 5.52 Å². The van der Waals surface area contributed by atoms with Crippen LogP contribution >= 0.6 is 15.9 Å². The van der Waals surface area contributed by atoms with Crippen molar-refractivity contribution in [2.75, 3.05) is 18.4 Å². The van der Waals surface area contributed by atoms with Gasteiger partial charge >= 0.3 is 0 Å². The number of nitrogens with one attached hydrogen (secondary N) is 1. The molecule has 0 spiro atoms. The van der Waals surface area contributed by atoms with Crippen LogP contribution in [0.2, 0.25) is 0 Å². The molecule has 4 rings (SSSR count). The summed E-state index contributed by atoms with van der Waals surface area (Å²) < 4.78 is 14.4. The van der Waals surface area contributed by atoms with Gasteiger partial charge < -0.3 is 5.32 Å². The van der Waals surface area contributed by atoms with Gasteiger partial charge in [-0.2, -0.15) is 0 Å². The average molecular weight is 393 g/mol. The number of nitrogens with zero attached hydrogens (tertiary/aromatic N) is 3. The maximum absolute atomic E-state index is 13.4. The smallest absolute Gasteiger partial charge is 0.223 e. The predicted octanol–water partition coefficient (Wildman–Crippen LogP) is 4.16. The lowest BCUT2D eigenvalue weighted by atomic mass is 9.90. The van der Waals surface area contributed by atoms with Crippen LogP contribution in [0.4, 0.5) is 10.3 Å². The van der Waals surface area contributed by atoms with Crippen molar-refractivity contribution < 1.29 is 4.39 Å². The Hall–Kier alpha value is -1.27. The van der Waals surface area contributed by atoms with Gasteiger partial charge in [-0.25, -0.2) is 14.4 Å². The highest BCUT2D eigenvalue weighted by Gasteiger charge is 2.31. The third-order valence-corrected chi connectivity index (χ3v) is 5.74. The summed E-state index contributed by atoms with van der Waals surface area (Å²) >= 11 is 3.47. The Morgan fingerprint density at radius 2 is 2.00 bits per heavy atom.